The standard InChI is InChI=1S/C13H19ClN2O2/c1-2-7-15-13(18)10-3-5-11(6-4-10)16-9-12(17)8-14/h3-6,12,16-17H,2,7-9H2,1H3,(H,15,18). The molecule has 0 spiro atoms. The number of benzene rings is 1. The average Bonchev–Trinajstić information content (AvgIpc) is 2.42. The van der Waals surface area contributed by atoms with Crippen molar-refractivity contribution in [3.63, 3.8) is 0 Å². The fourth-order valence-electron chi connectivity index (χ4n) is 1.37. The topological polar surface area (TPSA) is 61.4 Å². The van der Waals surface area contributed by atoms with Crippen LogP contribution in [0.5, 0.6) is 0 Å². The Morgan fingerprint density at radius 2 is 2.06 bits per heavy atom. The van der Waals surface area contributed by atoms with Crippen LogP contribution in [0.15, 0.2) is 24.3 Å². The van der Waals surface area contributed by atoms with Crippen molar-refractivity contribution in [1.82, 2.24) is 5.32 Å². The molecule has 0 saturated heterocycles. The number of halogens is 1. The quantitative estimate of drug-likeness (QED) is 0.663. The number of hydrogen-bond acceptors (Lipinski definition) is 3. The van der Waals surface area contributed by atoms with E-state index in [0.717, 1.165) is 12.1 Å². The number of alkyl halides is 1. The number of anilines is 1. The van der Waals surface area contributed by atoms with Crippen LogP contribution in [-0.4, -0.2) is 36.1 Å². The van der Waals surface area contributed by atoms with E-state index in [9.17, 15) is 9.90 Å². The predicted molar refractivity (Wildman–Crippen MR) is 74.3 cm³/mol. The molecule has 0 aliphatic rings. The van der Waals surface area contributed by atoms with Crippen molar-refractivity contribution >= 4 is 23.2 Å². The van der Waals surface area contributed by atoms with E-state index < -0.39 is 6.10 Å². The molecule has 5 heteroatoms. The molecule has 1 amide bonds. The van der Waals surface area contributed by atoms with Crippen LogP contribution in [0.3, 0.4) is 0 Å². The Morgan fingerprint density at radius 3 is 2.61 bits per heavy atom. The molecule has 0 fully saturated rings. The SMILES string of the molecule is CCCNC(=O)c1ccc(NCC(O)CCl)cc1. The Morgan fingerprint density at radius 1 is 1.39 bits per heavy atom. The summed E-state index contributed by atoms with van der Waals surface area (Å²) in [6.45, 7) is 3.08. The minimum atomic E-state index is -0.570. The van der Waals surface area contributed by atoms with E-state index in [1.54, 1.807) is 12.1 Å². The minimum absolute atomic E-state index is 0.0656. The summed E-state index contributed by atoms with van der Waals surface area (Å²) in [5.41, 5.74) is 1.48. The third kappa shape index (κ3) is 4.94. The van der Waals surface area contributed by atoms with Gasteiger partial charge in [-0.25, -0.2) is 0 Å². The molecule has 1 unspecified atom stereocenters. The van der Waals surface area contributed by atoms with Gasteiger partial charge in [0.15, 0.2) is 0 Å². The molecular weight excluding hydrogens is 252 g/mol. The van der Waals surface area contributed by atoms with Crippen LogP contribution in [-0.2, 0) is 0 Å². The second kappa shape index (κ2) is 7.95. The van der Waals surface area contributed by atoms with Gasteiger partial charge in [-0.1, -0.05) is 6.92 Å². The largest absolute Gasteiger partial charge is 0.390 e. The normalized spacial score (nSPS) is 11.9. The number of aliphatic hydroxyl groups is 1. The second-order valence-electron chi connectivity index (χ2n) is 4.02. The van der Waals surface area contributed by atoms with Gasteiger partial charge in [0.1, 0.15) is 0 Å². The lowest BCUT2D eigenvalue weighted by molar-refractivity contribution is 0.0953. The summed E-state index contributed by atoms with van der Waals surface area (Å²) in [5, 5.41) is 15.1. The fraction of sp³-hybridized carbons (Fsp3) is 0.462. The molecule has 100 valence electrons. The molecular formula is C13H19ClN2O2. The maximum atomic E-state index is 11.6. The fourth-order valence-corrected chi connectivity index (χ4v) is 1.48. The number of rotatable bonds is 7. The summed E-state index contributed by atoms with van der Waals surface area (Å²) in [6, 6.07) is 7.12. The second-order valence-corrected chi connectivity index (χ2v) is 4.33. The zero-order valence-electron chi connectivity index (χ0n) is 10.4. The van der Waals surface area contributed by atoms with E-state index in [0.29, 0.717) is 18.7 Å². The molecule has 1 aromatic carbocycles. The van der Waals surface area contributed by atoms with Gasteiger partial charge in [0.2, 0.25) is 0 Å². The molecule has 4 nitrogen and oxygen atoms in total. The first kappa shape index (κ1) is 14.8. The zero-order chi connectivity index (χ0) is 13.4. The third-order valence-corrected chi connectivity index (χ3v) is 2.76. The van der Waals surface area contributed by atoms with Gasteiger partial charge in [-0.3, -0.25) is 4.79 Å². The Balaban J connectivity index is 2.49. The van der Waals surface area contributed by atoms with E-state index in [-0.39, 0.29) is 11.8 Å². The van der Waals surface area contributed by atoms with Crippen LogP contribution in [0.2, 0.25) is 0 Å². The van der Waals surface area contributed by atoms with Crippen LogP contribution < -0.4 is 10.6 Å². The Hall–Kier alpha value is -1.26. The van der Waals surface area contributed by atoms with Crippen molar-refractivity contribution < 1.29 is 9.90 Å². The molecule has 3 N–H and O–H groups in total. The Labute approximate surface area is 112 Å². The van der Waals surface area contributed by atoms with Crippen molar-refractivity contribution in [2.24, 2.45) is 0 Å². The van der Waals surface area contributed by atoms with E-state index in [1.807, 2.05) is 19.1 Å². The van der Waals surface area contributed by atoms with Gasteiger partial charge in [0.25, 0.3) is 5.91 Å². The van der Waals surface area contributed by atoms with Crippen LogP contribution in [0, 0.1) is 0 Å². The average molecular weight is 271 g/mol. The first-order chi connectivity index (χ1) is 8.67. The van der Waals surface area contributed by atoms with Crippen LogP contribution >= 0.6 is 11.6 Å². The zero-order valence-corrected chi connectivity index (χ0v) is 11.2. The lowest BCUT2D eigenvalue weighted by Crippen LogP contribution is -2.24. The first-order valence-corrected chi connectivity index (χ1v) is 6.57. The number of carbonyl (C=O) groups excluding carboxylic acids is 1. The van der Waals surface area contributed by atoms with Gasteiger partial charge >= 0.3 is 0 Å². The summed E-state index contributed by atoms with van der Waals surface area (Å²) >= 11 is 5.49. The molecule has 18 heavy (non-hydrogen) atoms. The van der Waals surface area contributed by atoms with Crippen molar-refractivity contribution in [1.29, 1.82) is 0 Å². The minimum Gasteiger partial charge on any atom is -0.390 e. The van der Waals surface area contributed by atoms with Crippen LogP contribution in [0.1, 0.15) is 23.7 Å². The maximum Gasteiger partial charge on any atom is 0.251 e. The Kier molecular flexibility index (Phi) is 6.54. The molecule has 0 heterocycles. The molecule has 1 atom stereocenters. The Bertz CT molecular complexity index is 368. The van der Waals surface area contributed by atoms with Crippen LogP contribution in [0.4, 0.5) is 5.69 Å². The number of carbonyl (C=O) groups is 1. The monoisotopic (exact) mass is 270 g/mol. The molecule has 0 aliphatic carbocycles. The summed E-state index contributed by atoms with van der Waals surface area (Å²) in [5.74, 6) is 0.133. The van der Waals surface area contributed by atoms with Gasteiger partial charge in [-0.15, -0.1) is 11.6 Å². The van der Waals surface area contributed by atoms with Crippen molar-refractivity contribution in [2.75, 3.05) is 24.3 Å². The third-order valence-electron chi connectivity index (χ3n) is 2.40. The molecule has 1 rings (SSSR count). The van der Waals surface area contributed by atoms with E-state index in [1.165, 1.54) is 0 Å². The molecule has 1 aromatic rings. The van der Waals surface area contributed by atoms with Crippen molar-refractivity contribution in [3.8, 4) is 0 Å². The van der Waals surface area contributed by atoms with Gasteiger partial charge < -0.3 is 15.7 Å². The number of aliphatic hydroxyl groups excluding tert-OH is 1. The maximum absolute atomic E-state index is 11.6. The van der Waals surface area contributed by atoms with Crippen LogP contribution in [0.25, 0.3) is 0 Å². The van der Waals surface area contributed by atoms with Crippen molar-refractivity contribution in [2.45, 2.75) is 19.4 Å². The highest BCUT2D eigenvalue weighted by Gasteiger charge is 2.05. The lowest BCUT2D eigenvalue weighted by Gasteiger charge is -2.10. The van der Waals surface area contributed by atoms with E-state index in [4.69, 9.17) is 11.6 Å². The molecule has 0 aromatic heterocycles. The van der Waals surface area contributed by atoms with E-state index >= 15 is 0 Å². The highest BCUT2D eigenvalue weighted by molar-refractivity contribution is 6.18. The summed E-state index contributed by atoms with van der Waals surface area (Å²) < 4.78 is 0. The number of hydrogen-bond donors (Lipinski definition) is 3. The highest BCUT2D eigenvalue weighted by Crippen LogP contribution is 2.09. The van der Waals surface area contributed by atoms with Crippen molar-refractivity contribution in [3.05, 3.63) is 29.8 Å². The van der Waals surface area contributed by atoms with Gasteiger partial charge in [-0.2, -0.15) is 0 Å². The molecule has 0 bridgehead atoms. The van der Waals surface area contributed by atoms with Gasteiger partial charge in [-0.05, 0) is 30.7 Å². The first-order valence-electron chi connectivity index (χ1n) is 6.03. The van der Waals surface area contributed by atoms with E-state index in [2.05, 4.69) is 10.6 Å². The lowest BCUT2D eigenvalue weighted by atomic mass is 10.2. The predicted octanol–water partition coefficient (Wildman–Crippen LogP) is 1.84. The molecule has 0 saturated carbocycles. The number of nitrogens with one attached hydrogen (secondary N) is 2. The van der Waals surface area contributed by atoms with Gasteiger partial charge in [0, 0.05) is 24.3 Å². The summed E-state index contributed by atoms with van der Waals surface area (Å²) in [7, 11) is 0. The summed E-state index contributed by atoms with van der Waals surface area (Å²) in [6.07, 6.45) is 0.348. The molecule has 0 radical (unpaired) electrons. The molecule has 0 aliphatic heterocycles. The van der Waals surface area contributed by atoms with Gasteiger partial charge in [0.05, 0.1) is 12.0 Å². The highest BCUT2D eigenvalue weighted by atomic mass is 35.5. The number of amides is 1. The summed E-state index contributed by atoms with van der Waals surface area (Å²) in [4.78, 5) is 11.6. The smallest absolute Gasteiger partial charge is 0.251 e.